The Morgan fingerprint density at radius 3 is 2.80 bits per heavy atom. The van der Waals surface area contributed by atoms with E-state index in [2.05, 4.69) is 15.9 Å². The number of Topliss-reactive ketones (excluding diaryl/α,β-unsaturated/α-hetero) is 1. The van der Waals surface area contributed by atoms with Gasteiger partial charge in [-0.1, -0.05) is 41.9 Å². The van der Waals surface area contributed by atoms with Gasteiger partial charge in [0, 0.05) is 22.9 Å². The Hall–Kier alpha value is -1.16. The number of hydrogen-bond donors (Lipinski definition) is 0. The summed E-state index contributed by atoms with van der Waals surface area (Å²) in [7, 11) is 0. The molecule has 3 nitrogen and oxygen atoms in total. The fourth-order valence-corrected chi connectivity index (χ4v) is 2.78. The van der Waals surface area contributed by atoms with E-state index in [-0.39, 0.29) is 23.7 Å². The molecular weight excluding hydrogens is 318 g/mol. The van der Waals surface area contributed by atoms with Crippen molar-refractivity contribution >= 4 is 27.6 Å². The van der Waals surface area contributed by atoms with Gasteiger partial charge in [0.05, 0.1) is 6.54 Å². The highest BCUT2D eigenvalue weighted by Crippen LogP contribution is 2.27. The van der Waals surface area contributed by atoms with Gasteiger partial charge < -0.3 is 4.90 Å². The van der Waals surface area contributed by atoms with Crippen molar-refractivity contribution in [2.45, 2.75) is 33.1 Å². The number of benzene rings is 1. The van der Waals surface area contributed by atoms with Crippen molar-refractivity contribution < 1.29 is 9.59 Å². The molecule has 0 aliphatic carbocycles. The zero-order valence-electron chi connectivity index (χ0n) is 12.0. The molecule has 1 heterocycles. The van der Waals surface area contributed by atoms with Crippen LogP contribution in [0.2, 0.25) is 0 Å². The molecule has 108 valence electrons. The highest BCUT2D eigenvalue weighted by Gasteiger charge is 2.35. The van der Waals surface area contributed by atoms with Crippen molar-refractivity contribution in [1.29, 1.82) is 0 Å². The molecule has 2 rings (SSSR count). The van der Waals surface area contributed by atoms with Crippen molar-refractivity contribution in [2.75, 3.05) is 13.1 Å². The minimum absolute atomic E-state index is 0.0776. The molecule has 1 aromatic rings. The van der Waals surface area contributed by atoms with Crippen LogP contribution in [0.4, 0.5) is 0 Å². The third-order valence-electron chi connectivity index (χ3n) is 3.97. The molecule has 0 saturated carbocycles. The molecule has 0 radical (unpaired) electrons. The number of hydrogen-bond acceptors (Lipinski definition) is 2. The fraction of sp³-hybridized carbons (Fsp3) is 0.500. The van der Waals surface area contributed by atoms with Crippen LogP contribution in [0, 0.1) is 5.41 Å². The van der Waals surface area contributed by atoms with Gasteiger partial charge in [-0.05, 0) is 30.5 Å². The molecule has 0 unspecified atom stereocenters. The lowest BCUT2D eigenvalue weighted by Gasteiger charge is -2.35. The summed E-state index contributed by atoms with van der Waals surface area (Å²) in [6, 6.07) is 7.98. The maximum Gasteiger partial charge on any atom is 0.223 e. The normalized spacial score (nSPS) is 18.1. The van der Waals surface area contributed by atoms with Crippen LogP contribution in [-0.2, 0) is 16.0 Å². The predicted octanol–water partition coefficient (Wildman–Crippen LogP) is 3.21. The van der Waals surface area contributed by atoms with Gasteiger partial charge in [0.25, 0.3) is 0 Å². The maximum absolute atomic E-state index is 12.2. The Morgan fingerprint density at radius 1 is 1.40 bits per heavy atom. The molecular formula is C16H20BrNO2. The maximum atomic E-state index is 12.2. The Bertz CT molecular complexity index is 525. The summed E-state index contributed by atoms with van der Waals surface area (Å²) in [6.45, 7) is 4.87. The number of ketones is 1. The van der Waals surface area contributed by atoms with Crippen molar-refractivity contribution in [2.24, 2.45) is 5.41 Å². The zero-order chi connectivity index (χ0) is 14.8. The predicted molar refractivity (Wildman–Crippen MR) is 82.4 cm³/mol. The summed E-state index contributed by atoms with van der Waals surface area (Å²) in [5.74, 6) is 0.244. The number of aryl methyl sites for hydroxylation is 1. The number of likely N-dealkylation sites (tertiary alicyclic amines) is 1. The lowest BCUT2D eigenvalue weighted by Crippen LogP contribution is -2.47. The lowest BCUT2D eigenvalue weighted by atomic mass is 9.81. The molecule has 1 fully saturated rings. The van der Waals surface area contributed by atoms with Crippen LogP contribution in [0.3, 0.4) is 0 Å². The second-order valence-electron chi connectivity index (χ2n) is 6.00. The zero-order valence-corrected chi connectivity index (χ0v) is 13.6. The van der Waals surface area contributed by atoms with Crippen LogP contribution in [0.1, 0.15) is 32.3 Å². The molecule has 0 aromatic heterocycles. The minimum Gasteiger partial charge on any atom is -0.335 e. The highest BCUT2D eigenvalue weighted by molar-refractivity contribution is 9.10. The van der Waals surface area contributed by atoms with Gasteiger partial charge in [-0.15, -0.1) is 0 Å². The number of rotatable bonds is 3. The average molecular weight is 338 g/mol. The molecule has 1 aromatic carbocycles. The molecule has 1 saturated heterocycles. The summed E-state index contributed by atoms with van der Waals surface area (Å²) in [5.41, 5.74) is 0.859. The second kappa shape index (κ2) is 6.08. The van der Waals surface area contributed by atoms with Gasteiger partial charge in [0.15, 0.2) is 5.78 Å². The van der Waals surface area contributed by atoms with Crippen LogP contribution in [0.15, 0.2) is 28.7 Å². The highest BCUT2D eigenvalue weighted by atomic mass is 79.9. The van der Waals surface area contributed by atoms with E-state index in [0.717, 1.165) is 16.5 Å². The van der Waals surface area contributed by atoms with E-state index in [1.54, 1.807) is 4.90 Å². The Labute approximate surface area is 128 Å². The molecule has 0 spiro atoms. The van der Waals surface area contributed by atoms with Crippen molar-refractivity contribution in [3.8, 4) is 0 Å². The van der Waals surface area contributed by atoms with Gasteiger partial charge in [-0.3, -0.25) is 9.59 Å². The van der Waals surface area contributed by atoms with E-state index < -0.39 is 0 Å². The molecule has 0 bridgehead atoms. The number of piperidine rings is 1. The monoisotopic (exact) mass is 337 g/mol. The summed E-state index contributed by atoms with van der Waals surface area (Å²) in [5, 5.41) is 0. The van der Waals surface area contributed by atoms with E-state index in [0.29, 0.717) is 19.4 Å². The van der Waals surface area contributed by atoms with Crippen LogP contribution in [0.25, 0.3) is 0 Å². The van der Waals surface area contributed by atoms with Gasteiger partial charge in [0.1, 0.15) is 0 Å². The fourth-order valence-electron chi connectivity index (χ4n) is 2.34. The summed E-state index contributed by atoms with van der Waals surface area (Å²) < 4.78 is 1.03. The van der Waals surface area contributed by atoms with Crippen LogP contribution in [-0.4, -0.2) is 29.7 Å². The molecule has 1 aliphatic rings. The first-order valence-electron chi connectivity index (χ1n) is 6.94. The lowest BCUT2D eigenvalue weighted by molar-refractivity contribution is -0.142. The first kappa shape index (κ1) is 15.2. The van der Waals surface area contributed by atoms with E-state index in [4.69, 9.17) is 0 Å². The van der Waals surface area contributed by atoms with E-state index in [1.165, 1.54) is 0 Å². The first-order chi connectivity index (χ1) is 9.38. The topological polar surface area (TPSA) is 37.4 Å². The van der Waals surface area contributed by atoms with Gasteiger partial charge in [0.2, 0.25) is 5.91 Å². The largest absolute Gasteiger partial charge is 0.335 e. The summed E-state index contributed by atoms with van der Waals surface area (Å²) in [6.07, 6.45) is 1.94. The van der Waals surface area contributed by atoms with E-state index in [9.17, 15) is 9.59 Å². The van der Waals surface area contributed by atoms with Gasteiger partial charge in [-0.25, -0.2) is 0 Å². The number of carbonyl (C=O) groups is 2. The molecule has 0 atom stereocenters. The Morgan fingerprint density at radius 2 is 2.15 bits per heavy atom. The summed E-state index contributed by atoms with van der Waals surface area (Å²) in [4.78, 5) is 25.8. The van der Waals surface area contributed by atoms with Crippen molar-refractivity contribution in [1.82, 2.24) is 4.90 Å². The first-order valence-corrected chi connectivity index (χ1v) is 7.73. The summed E-state index contributed by atoms with van der Waals surface area (Å²) >= 11 is 3.43. The Kier molecular flexibility index (Phi) is 4.63. The number of nitrogens with zero attached hydrogens (tertiary/aromatic N) is 1. The van der Waals surface area contributed by atoms with Crippen molar-refractivity contribution in [3.05, 3.63) is 34.3 Å². The van der Waals surface area contributed by atoms with E-state index >= 15 is 0 Å². The van der Waals surface area contributed by atoms with Crippen LogP contribution < -0.4 is 0 Å². The third kappa shape index (κ3) is 3.69. The second-order valence-corrected chi connectivity index (χ2v) is 6.92. The van der Waals surface area contributed by atoms with E-state index in [1.807, 2.05) is 38.1 Å². The SMILES string of the molecule is CC1(C)CCN(C(=O)CCc2cccc(Br)c2)CC1=O. The number of halogens is 1. The quantitative estimate of drug-likeness (QED) is 0.849. The number of amides is 1. The third-order valence-corrected chi connectivity index (χ3v) is 4.46. The smallest absolute Gasteiger partial charge is 0.223 e. The van der Waals surface area contributed by atoms with Crippen molar-refractivity contribution in [3.63, 3.8) is 0 Å². The molecule has 1 aliphatic heterocycles. The molecule has 20 heavy (non-hydrogen) atoms. The minimum atomic E-state index is -0.277. The average Bonchev–Trinajstić information content (AvgIpc) is 2.39. The Balaban J connectivity index is 1.88. The number of carbonyl (C=O) groups excluding carboxylic acids is 2. The van der Waals surface area contributed by atoms with Crippen LogP contribution in [0.5, 0.6) is 0 Å². The van der Waals surface area contributed by atoms with Gasteiger partial charge >= 0.3 is 0 Å². The van der Waals surface area contributed by atoms with Crippen LogP contribution >= 0.6 is 15.9 Å². The molecule has 0 N–H and O–H groups in total. The molecule has 1 amide bonds. The van der Waals surface area contributed by atoms with Gasteiger partial charge in [-0.2, -0.15) is 0 Å². The molecule has 4 heteroatoms. The standard InChI is InChI=1S/C16H20BrNO2/c1-16(2)8-9-18(11-14(16)19)15(20)7-6-12-4-3-5-13(17)10-12/h3-5,10H,6-9,11H2,1-2H3.